The van der Waals surface area contributed by atoms with Gasteiger partial charge in [-0.25, -0.2) is 0 Å². The van der Waals surface area contributed by atoms with Crippen molar-refractivity contribution in [2.24, 2.45) is 5.92 Å². The minimum Gasteiger partial charge on any atom is -0.435 e. The van der Waals surface area contributed by atoms with Crippen LogP contribution in [0.3, 0.4) is 0 Å². The molecule has 2 saturated heterocycles. The molecule has 0 aromatic heterocycles. The van der Waals surface area contributed by atoms with E-state index in [1.807, 2.05) is 91.0 Å². The maximum absolute atomic E-state index is 12.2. The first-order valence-electron chi connectivity index (χ1n) is 12.0. The van der Waals surface area contributed by atoms with E-state index in [1.54, 1.807) is 0 Å². The summed E-state index contributed by atoms with van der Waals surface area (Å²) < 4.78 is 30.6. The molecule has 3 unspecified atom stereocenters. The fourth-order valence-corrected chi connectivity index (χ4v) is 4.61. The largest absolute Gasteiger partial charge is 0.435 e. The summed E-state index contributed by atoms with van der Waals surface area (Å²) in [6.45, 7) is 1.56. The Bertz CT molecular complexity index is 1060. The molecular formula is C29H30O6. The number of carbonyl (C=O) groups is 1. The molecule has 2 fully saturated rings. The fourth-order valence-electron chi connectivity index (χ4n) is 4.61. The van der Waals surface area contributed by atoms with Gasteiger partial charge in [-0.05, 0) is 16.7 Å². The highest BCUT2D eigenvalue weighted by Crippen LogP contribution is 2.38. The Morgan fingerprint density at radius 1 is 0.686 bits per heavy atom. The average Bonchev–Trinajstić information content (AvgIpc) is 3.28. The molecule has 5 atom stereocenters. The zero-order chi connectivity index (χ0) is 23.9. The number of benzene rings is 3. The summed E-state index contributed by atoms with van der Waals surface area (Å²) in [6, 6.07) is 30.0. The molecule has 6 nitrogen and oxygen atoms in total. The number of esters is 1. The van der Waals surface area contributed by atoms with Crippen LogP contribution in [0.1, 0.15) is 23.1 Å². The molecule has 0 amide bonds. The smallest absolute Gasteiger partial charge is 0.308 e. The highest BCUT2D eigenvalue weighted by atomic mass is 16.7. The quantitative estimate of drug-likeness (QED) is 0.398. The topological polar surface area (TPSA) is 63.2 Å². The molecule has 182 valence electrons. The van der Waals surface area contributed by atoms with Crippen molar-refractivity contribution in [2.45, 2.75) is 50.8 Å². The van der Waals surface area contributed by atoms with Crippen LogP contribution in [-0.4, -0.2) is 37.2 Å². The molecule has 35 heavy (non-hydrogen) atoms. The molecular weight excluding hydrogens is 444 g/mol. The van der Waals surface area contributed by atoms with Crippen molar-refractivity contribution >= 4 is 5.97 Å². The van der Waals surface area contributed by atoms with Crippen LogP contribution in [0.5, 0.6) is 0 Å². The van der Waals surface area contributed by atoms with E-state index < -0.39 is 18.5 Å². The average molecular weight is 475 g/mol. The normalized spacial score (nSPS) is 25.7. The standard InChI is InChI=1S/C29H30O6/c30-26-16-24-27(32-18-22-12-6-2-7-13-22)28(33-19-23-14-8-3-9-15-23)25(34-29(24)35-26)20-31-17-21-10-4-1-5-11-21/h1-15,24-25,27-29H,16-20H2/t24?,25?,27?,28-,29-/m1/s1. The zero-order valence-corrected chi connectivity index (χ0v) is 19.5. The van der Waals surface area contributed by atoms with Gasteiger partial charge in [0, 0.05) is 0 Å². The summed E-state index contributed by atoms with van der Waals surface area (Å²) in [6.07, 6.45) is -1.67. The van der Waals surface area contributed by atoms with Gasteiger partial charge >= 0.3 is 5.97 Å². The van der Waals surface area contributed by atoms with Crippen LogP contribution in [-0.2, 0) is 48.3 Å². The highest BCUT2D eigenvalue weighted by molar-refractivity contribution is 5.72. The Morgan fingerprint density at radius 2 is 1.20 bits per heavy atom. The zero-order valence-electron chi connectivity index (χ0n) is 19.5. The van der Waals surface area contributed by atoms with Crippen LogP contribution in [0.15, 0.2) is 91.0 Å². The lowest BCUT2D eigenvalue weighted by Gasteiger charge is -2.42. The van der Waals surface area contributed by atoms with Gasteiger partial charge in [0.05, 0.1) is 44.9 Å². The number of hydrogen-bond acceptors (Lipinski definition) is 6. The SMILES string of the molecule is O=C1CC2C(OCc3ccccc3)[C@H](OCc3ccccc3)C(COCc3ccccc3)O[C@@H]2O1. The van der Waals surface area contributed by atoms with Crippen molar-refractivity contribution in [3.8, 4) is 0 Å². The van der Waals surface area contributed by atoms with Crippen LogP contribution in [0.25, 0.3) is 0 Å². The van der Waals surface area contributed by atoms with Gasteiger partial charge in [0.25, 0.3) is 0 Å². The van der Waals surface area contributed by atoms with Crippen molar-refractivity contribution < 1.29 is 28.5 Å². The van der Waals surface area contributed by atoms with E-state index in [9.17, 15) is 4.79 Å². The van der Waals surface area contributed by atoms with Crippen molar-refractivity contribution in [1.29, 1.82) is 0 Å². The van der Waals surface area contributed by atoms with Crippen LogP contribution in [0, 0.1) is 5.92 Å². The predicted molar refractivity (Wildman–Crippen MR) is 129 cm³/mol. The van der Waals surface area contributed by atoms with Gasteiger partial charge in [0.15, 0.2) is 0 Å². The van der Waals surface area contributed by atoms with Crippen molar-refractivity contribution in [3.63, 3.8) is 0 Å². The van der Waals surface area contributed by atoms with Crippen molar-refractivity contribution in [2.75, 3.05) is 6.61 Å². The summed E-state index contributed by atoms with van der Waals surface area (Å²) >= 11 is 0. The summed E-state index contributed by atoms with van der Waals surface area (Å²) in [4.78, 5) is 12.2. The summed E-state index contributed by atoms with van der Waals surface area (Å²) in [5, 5.41) is 0. The molecule has 2 aliphatic heterocycles. The second-order valence-corrected chi connectivity index (χ2v) is 8.92. The Morgan fingerprint density at radius 3 is 1.77 bits per heavy atom. The first kappa shape index (κ1) is 23.7. The summed E-state index contributed by atoms with van der Waals surface area (Å²) in [7, 11) is 0. The fraction of sp³-hybridized carbons (Fsp3) is 0.345. The molecule has 0 N–H and O–H groups in total. The van der Waals surface area contributed by atoms with Crippen LogP contribution in [0.2, 0.25) is 0 Å². The Hall–Kier alpha value is -3.03. The van der Waals surface area contributed by atoms with Gasteiger partial charge in [-0.3, -0.25) is 4.79 Å². The van der Waals surface area contributed by atoms with E-state index in [4.69, 9.17) is 23.7 Å². The third-order valence-electron chi connectivity index (χ3n) is 6.38. The molecule has 0 saturated carbocycles. The second-order valence-electron chi connectivity index (χ2n) is 8.92. The summed E-state index contributed by atoms with van der Waals surface area (Å²) in [5.74, 6) is -0.515. The molecule has 0 bridgehead atoms. The minimum atomic E-state index is -0.662. The number of rotatable bonds is 10. The number of carbonyl (C=O) groups excluding carboxylic acids is 1. The van der Waals surface area contributed by atoms with Gasteiger partial charge in [-0.15, -0.1) is 0 Å². The maximum Gasteiger partial charge on any atom is 0.308 e. The van der Waals surface area contributed by atoms with E-state index >= 15 is 0 Å². The minimum absolute atomic E-state index is 0.239. The van der Waals surface area contributed by atoms with E-state index in [0.717, 1.165) is 16.7 Å². The lowest BCUT2D eigenvalue weighted by Crippen LogP contribution is -2.56. The van der Waals surface area contributed by atoms with Gasteiger partial charge in [0.1, 0.15) is 12.2 Å². The molecule has 0 aliphatic carbocycles. The first-order valence-corrected chi connectivity index (χ1v) is 12.0. The van der Waals surface area contributed by atoms with E-state index in [0.29, 0.717) is 26.4 Å². The van der Waals surface area contributed by atoms with E-state index in [2.05, 4.69) is 0 Å². The number of fused-ring (bicyclic) bond motifs is 1. The Balaban J connectivity index is 1.33. The van der Waals surface area contributed by atoms with Crippen molar-refractivity contribution in [3.05, 3.63) is 108 Å². The Labute approximate surface area is 205 Å². The number of hydrogen-bond donors (Lipinski definition) is 0. The van der Waals surface area contributed by atoms with E-state index in [-0.39, 0.29) is 24.4 Å². The molecule has 5 rings (SSSR count). The number of ether oxygens (including phenoxy) is 5. The van der Waals surface area contributed by atoms with Gasteiger partial charge in [0.2, 0.25) is 6.29 Å². The van der Waals surface area contributed by atoms with Crippen molar-refractivity contribution in [1.82, 2.24) is 0 Å². The molecule has 2 heterocycles. The maximum atomic E-state index is 12.2. The molecule has 3 aromatic carbocycles. The van der Waals surface area contributed by atoms with Crippen LogP contribution in [0.4, 0.5) is 0 Å². The molecule has 2 aliphatic rings. The third-order valence-corrected chi connectivity index (χ3v) is 6.38. The molecule has 0 spiro atoms. The lowest BCUT2D eigenvalue weighted by molar-refractivity contribution is -0.279. The monoisotopic (exact) mass is 474 g/mol. The van der Waals surface area contributed by atoms with Crippen LogP contribution >= 0.6 is 0 Å². The molecule has 0 radical (unpaired) electrons. The van der Waals surface area contributed by atoms with Gasteiger partial charge < -0.3 is 23.7 Å². The predicted octanol–water partition coefficient (Wildman–Crippen LogP) is 4.66. The Kier molecular flexibility index (Phi) is 7.85. The second kappa shape index (κ2) is 11.6. The van der Waals surface area contributed by atoms with Gasteiger partial charge in [-0.2, -0.15) is 0 Å². The van der Waals surface area contributed by atoms with Crippen LogP contribution < -0.4 is 0 Å². The van der Waals surface area contributed by atoms with E-state index in [1.165, 1.54) is 0 Å². The lowest BCUT2D eigenvalue weighted by atomic mass is 9.89. The third kappa shape index (κ3) is 6.16. The molecule has 6 heteroatoms. The van der Waals surface area contributed by atoms with Gasteiger partial charge in [-0.1, -0.05) is 91.0 Å². The first-order chi connectivity index (χ1) is 17.3. The summed E-state index contributed by atoms with van der Waals surface area (Å²) in [5.41, 5.74) is 3.19. The highest BCUT2D eigenvalue weighted by Gasteiger charge is 2.53. The molecule has 3 aromatic rings.